The highest BCUT2D eigenvalue weighted by Crippen LogP contribution is 2.22. The Labute approximate surface area is 130 Å². The number of amides is 1. The van der Waals surface area contributed by atoms with Crippen molar-refractivity contribution in [3.8, 4) is 0 Å². The summed E-state index contributed by atoms with van der Waals surface area (Å²) in [7, 11) is 2.92. The zero-order chi connectivity index (χ0) is 15.4. The summed E-state index contributed by atoms with van der Waals surface area (Å²) in [6.45, 7) is 0. The fourth-order valence-corrected chi connectivity index (χ4v) is 2.25. The zero-order valence-electron chi connectivity index (χ0n) is 11.5. The average Bonchev–Trinajstić information content (AvgIpc) is 2.52. The maximum absolute atomic E-state index is 12.5. The summed E-state index contributed by atoms with van der Waals surface area (Å²) < 4.78 is 5.31. The molecule has 0 fully saturated rings. The molecule has 2 aromatic rings. The molecule has 0 radical (unpaired) electrons. The maximum atomic E-state index is 12.5. The molecule has 2 rings (SSSR count). The van der Waals surface area contributed by atoms with E-state index in [-0.39, 0.29) is 5.91 Å². The van der Waals surface area contributed by atoms with E-state index in [0.29, 0.717) is 21.4 Å². The normalized spacial score (nSPS) is 10.0. The molecule has 0 atom stereocenters. The molecular formula is C15H13BrN2O3. The smallest absolute Gasteiger partial charge is 0.339 e. The molecule has 5 nitrogen and oxygen atoms in total. The van der Waals surface area contributed by atoms with E-state index < -0.39 is 5.97 Å². The van der Waals surface area contributed by atoms with Gasteiger partial charge in [-0.2, -0.15) is 0 Å². The second kappa shape index (κ2) is 6.49. The molecule has 1 heterocycles. The molecule has 0 spiro atoms. The number of aromatic nitrogens is 1. The quantitative estimate of drug-likeness (QED) is 0.632. The first kappa shape index (κ1) is 15.2. The minimum Gasteiger partial charge on any atom is -0.465 e. The molecule has 0 aliphatic rings. The van der Waals surface area contributed by atoms with Gasteiger partial charge in [0.15, 0.2) is 0 Å². The molecule has 0 bridgehead atoms. The van der Waals surface area contributed by atoms with Crippen molar-refractivity contribution < 1.29 is 14.3 Å². The number of hydrogen-bond donors (Lipinski definition) is 0. The van der Waals surface area contributed by atoms with E-state index in [0.717, 1.165) is 0 Å². The Morgan fingerprint density at radius 3 is 2.62 bits per heavy atom. The number of pyridine rings is 1. The Balaban J connectivity index is 2.38. The molecule has 1 amide bonds. The summed E-state index contributed by atoms with van der Waals surface area (Å²) in [5.41, 5.74) is 1.30. The molecule has 0 saturated heterocycles. The molecule has 6 heteroatoms. The van der Waals surface area contributed by atoms with E-state index >= 15 is 0 Å². The highest BCUT2D eigenvalue weighted by atomic mass is 79.9. The Hall–Kier alpha value is -2.21. The lowest BCUT2D eigenvalue weighted by Gasteiger charge is -2.19. The number of ether oxygens (including phenoxy) is 1. The highest BCUT2D eigenvalue weighted by molar-refractivity contribution is 9.10. The van der Waals surface area contributed by atoms with Crippen LogP contribution in [0.2, 0.25) is 0 Å². The molecule has 0 unspecified atom stereocenters. The van der Waals surface area contributed by atoms with Gasteiger partial charge in [-0.3, -0.25) is 4.79 Å². The third-order valence-electron chi connectivity index (χ3n) is 2.95. The van der Waals surface area contributed by atoms with Crippen molar-refractivity contribution in [1.29, 1.82) is 0 Å². The maximum Gasteiger partial charge on any atom is 0.339 e. The fourth-order valence-electron chi connectivity index (χ4n) is 1.89. The molecule has 0 aliphatic carbocycles. The molecule has 0 aliphatic heterocycles. The summed E-state index contributed by atoms with van der Waals surface area (Å²) >= 11 is 3.23. The average molecular weight is 349 g/mol. The zero-order valence-corrected chi connectivity index (χ0v) is 13.1. The molecule has 1 aromatic carbocycles. The van der Waals surface area contributed by atoms with Crippen molar-refractivity contribution in [3.63, 3.8) is 0 Å². The largest absolute Gasteiger partial charge is 0.465 e. The van der Waals surface area contributed by atoms with Crippen LogP contribution in [0.1, 0.15) is 20.7 Å². The Morgan fingerprint density at radius 1 is 1.24 bits per heavy atom. The van der Waals surface area contributed by atoms with Gasteiger partial charge in [0.25, 0.3) is 5.91 Å². The third-order valence-corrected chi connectivity index (χ3v) is 3.38. The molecule has 0 N–H and O–H groups in total. The van der Waals surface area contributed by atoms with E-state index in [1.54, 1.807) is 43.4 Å². The van der Waals surface area contributed by atoms with Crippen LogP contribution in [0.3, 0.4) is 0 Å². The summed E-state index contributed by atoms with van der Waals surface area (Å²) in [5.74, 6) is -0.726. The number of benzene rings is 1. The summed E-state index contributed by atoms with van der Waals surface area (Å²) in [6.07, 6.45) is 1.54. The number of halogens is 1. The van der Waals surface area contributed by atoms with Crippen LogP contribution in [-0.2, 0) is 4.74 Å². The minimum absolute atomic E-state index is 0.241. The summed E-state index contributed by atoms with van der Waals surface area (Å²) in [4.78, 5) is 29.7. The lowest BCUT2D eigenvalue weighted by Crippen LogP contribution is -2.28. The van der Waals surface area contributed by atoms with Crippen molar-refractivity contribution in [2.75, 3.05) is 19.1 Å². The van der Waals surface area contributed by atoms with Crippen molar-refractivity contribution in [3.05, 3.63) is 58.3 Å². The monoisotopic (exact) mass is 348 g/mol. The predicted octanol–water partition coefficient (Wildman–Crippen LogP) is 2.91. The summed E-state index contributed by atoms with van der Waals surface area (Å²) in [6, 6.07) is 10.0. The van der Waals surface area contributed by atoms with Gasteiger partial charge in [-0.05, 0) is 40.2 Å². The van der Waals surface area contributed by atoms with E-state index in [1.165, 1.54) is 18.2 Å². The highest BCUT2D eigenvalue weighted by Gasteiger charge is 2.20. The van der Waals surface area contributed by atoms with Gasteiger partial charge in [0.05, 0.1) is 18.4 Å². The van der Waals surface area contributed by atoms with Gasteiger partial charge >= 0.3 is 5.97 Å². The van der Waals surface area contributed by atoms with Crippen LogP contribution in [0.15, 0.2) is 47.2 Å². The molecule has 21 heavy (non-hydrogen) atoms. The van der Waals surface area contributed by atoms with Crippen LogP contribution in [-0.4, -0.2) is 31.0 Å². The lowest BCUT2D eigenvalue weighted by atomic mass is 10.1. The predicted molar refractivity (Wildman–Crippen MR) is 82.5 cm³/mol. The van der Waals surface area contributed by atoms with E-state index in [4.69, 9.17) is 4.74 Å². The SMILES string of the molecule is COC(=O)c1ccccc1N(C)C(=O)c1ccnc(Br)c1. The first-order valence-electron chi connectivity index (χ1n) is 6.11. The third kappa shape index (κ3) is 3.28. The standard InChI is InChI=1S/C15H13BrN2O3/c1-18(14(19)10-7-8-17-13(16)9-10)12-6-4-3-5-11(12)15(20)21-2/h3-9H,1-2H3. The van der Waals surface area contributed by atoms with Crippen molar-refractivity contribution in [2.24, 2.45) is 0 Å². The second-order valence-electron chi connectivity index (χ2n) is 4.24. The molecular weight excluding hydrogens is 336 g/mol. The first-order valence-corrected chi connectivity index (χ1v) is 6.91. The van der Waals surface area contributed by atoms with Crippen LogP contribution in [0.5, 0.6) is 0 Å². The first-order chi connectivity index (χ1) is 10.0. The number of methoxy groups -OCH3 is 1. The van der Waals surface area contributed by atoms with E-state index in [2.05, 4.69) is 20.9 Å². The van der Waals surface area contributed by atoms with Crippen molar-refractivity contribution in [1.82, 2.24) is 4.98 Å². The van der Waals surface area contributed by atoms with Crippen molar-refractivity contribution in [2.45, 2.75) is 0 Å². The Morgan fingerprint density at radius 2 is 1.95 bits per heavy atom. The van der Waals surface area contributed by atoms with Crippen LogP contribution in [0, 0.1) is 0 Å². The fraction of sp³-hybridized carbons (Fsp3) is 0.133. The molecule has 108 valence electrons. The molecule has 0 saturated carbocycles. The topological polar surface area (TPSA) is 59.5 Å². The van der Waals surface area contributed by atoms with Crippen LogP contribution in [0.4, 0.5) is 5.69 Å². The van der Waals surface area contributed by atoms with Gasteiger partial charge in [-0.25, -0.2) is 9.78 Å². The number of hydrogen-bond acceptors (Lipinski definition) is 4. The number of esters is 1. The van der Waals surface area contributed by atoms with Crippen molar-refractivity contribution >= 4 is 33.5 Å². The van der Waals surface area contributed by atoms with Gasteiger partial charge in [-0.1, -0.05) is 12.1 Å². The number of anilines is 1. The van der Waals surface area contributed by atoms with E-state index in [9.17, 15) is 9.59 Å². The van der Waals surface area contributed by atoms with Crippen LogP contribution < -0.4 is 4.90 Å². The second-order valence-corrected chi connectivity index (χ2v) is 5.05. The lowest BCUT2D eigenvalue weighted by molar-refractivity contribution is 0.0601. The van der Waals surface area contributed by atoms with Crippen LogP contribution >= 0.6 is 15.9 Å². The number of rotatable bonds is 3. The van der Waals surface area contributed by atoms with Gasteiger partial charge in [-0.15, -0.1) is 0 Å². The molecule has 1 aromatic heterocycles. The van der Waals surface area contributed by atoms with Crippen LogP contribution in [0.25, 0.3) is 0 Å². The number of carbonyl (C=O) groups is 2. The van der Waals surface area contributed by atoms with Gasteiger partial charge in [0.2, 0.25) is 0 Å². The van der Waals surface area contributed by atoms with E-state index in [1.807, 2.05) is 0 Å². The van der Waals surface area contributed by atoms with Gasteiger partial charge in [0, 0.05) is 18.8 Å². The van der Waals surface area contributed by atoms with Gasteiger partial charge < -0.3 is 9.64 Å². The summed E-state index contributed by atoms with van der Waals surface area (Å²) in [5, 5.41) is 0. The Kier molecular flexibility index (Phi) is 4.70. The number of para-hydroxylation sites is 1. The minimum atomic E-state index is -0.485. The van der Waals surface area contributed by atoms with Gasteiger partial charge in [0.1, 0.15) is 4.60 Å². The number of nitrogens with zero attached hydrogens (tertiary/aromatic N) is 2. The number of carbonyl (C=O) groups excluding carboxylic acids is 2. The Bertz CT molecular complexity index is 688.